The van der Waals surface area contributed by atoms with Crippen molar-refractivity contribution in [3.8, 4) is 0 Å². The van der Waals surface area contributed by atoms with Crippen LogP contribution in [-0.2, 0) is 19.9 Å². The summed E-state index contributed by atoms with van der Waals surface area (Å²) in [5.41, 5.74) is -4.07. The summed E-state index contributed by atoms with van der Waals surface area (Å²) in [6.45, 7) is 4.39. The van der Waals surface area contributed by atoms with Gasteiger partial charge in [0.05, 0.1) is 6.61 Å². The predicted molar refractivity (Wildman–Crippen MR) is 76.7 cm³/mol. The summed E-state index contributed by atoms with van der Waals surface area (Å²) < 4.78 is 44.0. The number of nitrogens with zero attached hydrogens (tertiary/aromatic N) is 1. The van der Waals surface area contributed by atoms with E-state index >= 15 is 0 Å². The van der Waals surface area contributed by atoms with Crippen molar-refractivity contribution in [2.24, 2.45) is 0 Å². The van der Waals surface area contributed by atoms with Gasteiger partial charge in [-0.25, -0.2) is 4.79 Å². The van der Waals surface area contributed by atoms with E-state index in [4.69, 9.17) is 0 Å². The number of hydrogen-bond acceptors (Lipinski definition) is 4. The number of benzene rings is 1. The molecule has 1 rings (SSSR count). The maximum Gasteiger partial charge on any atom is 0.432 e. The fourth-order valence-electron chi connectivity index (χ4n) is 2.10. The van der Waals surface area contributed by atoms with Gasteiger partial charge in [0.25, 0.3) is 5.60 Å². The monoisotopic (exact) mass is 333 g/mol. The average molecular weight is 333 g/mol. The number of esters is 1. The van der Waals surface area contributed by atoms with Crippen LogP contribution in [0.2, 0.25) is 0 Å². The van der Waals surface area contributed by atoms with E-state index in [1.165, 1.54) is 30.9 Å². The molecule has 8 heteroatoms. The Morgan fingerprint density at radius 3 is 2.04 bits per heavy atom. The number of ether oxygens (including phenoxy) is 1. The molecule has 0 spiro atoms. The Morgan fingerprint density at radius 2 is 1.70 bits per heavy atom. The second kappa shape index (κ2) is 6.99. The van der Waals surface area contributed by atoms with E-state index < -0.39 is 23.3 Å². The minimum Gasteiger partial charge on any atom is -0.463 e. The van der Waals surface area contributed by atoms with Crippen molar-refractivity contribution in [3.63, 3.8) is 0 Å². The summed E-state index contributed by atoms with van der Waals surface area (Å²) in [5.74, 6) is -2.07. The molecule has 0 radical (unpaired) electrons. The van der Waals surface area contributed by atoms with Crippen LogP contribution in [0.1, 0.15) is 26.3 Å². The first-order chi connectivity index (χ1) is 10.6. The van der Waals surface area contributed by atoms with E-state index in [2.05, 4.69) is 4.74 Å². The molecule has 1 atom stereocenters. The quantitative estimate of drug-likeness (QED) is 0.840. The second-order valence-electron chi connectivity index (χ2n) is 4.74. The summed E-state index contributed by atoms with van der Waals surface area (Å²) in [7, 11) is 0. The molecule has 0 heterocycles. The zero-order valence-electron chi connectivity index (χ0n) is 13.0. The summed E-state index contributed by atoms with van der Waals surface area (Å²) in [5, 5.41) is 9.93. The van der Waals surface area contributed by atoms with Gasteiger partial charge in [-0.2, -0.15) is 13.2 Å². The maximum atomic E-state index is 13.2. The first-order valence-corrected chi connectivity index (χ1v) is 6.94. The van der Waals surface area contributed by atoms with Crippen LogP contribution in [0.5, 0.6) is 0 Å². The number of carbonyl (C=O) groups is 2. The van der Waals surface area contributed by atoms with Gasteiger partial charge in [0.15, 0.2) is 0 Å². The van der Waals surface area contributed by atoms with Crippen molar-refractivity contribution in [1.29, 1.82) is 0 Å². The van der Waals surface area contributed by atoms with E-state index in [-0.39, 0.29) is 12.5 Å². The van der Waals surface area contributed by atoms with E-state index in [0.717, 1.165) is 12.1 Å². The summed E-state index contributed by atoms with van der Waals surface area (Å²) in [6.07, 6.45) is -5.24. The number of alkyl halides is 3. The molecule has 5 nitrogen and oxygen atoms in total. The lowest BCUT2D eigenvalue weighted by molar-refractivity contribution is -0.267. The van der Waals surface area contributed by atoms with E-state index in [1.54, 1.807) is 6.92 Å². The summed E-state index contributed by atoms with van der Waals surface area (Å²) in [6, 6.07) is 4.36. The van der Waals surface area contributed by atoms with Crippen LogP contribution >= 0.6 is 0 Å². The Kier molecular flexibility index (Phi) is 5.76. The molecule has 0 aromatic heterocycles. The number of halogens is 3. The smallest absolute Gasteiger partial charge is 0.432 e. The fourth-order valence-corrected chi connectivity index (χ4v) is 2.10. The normalized spacial score (nSPS) is 14.0. The van der Waals surface area contributed by atoms with Gasteiger partial charge < -0.3 is 14.7 Å². The molecule has 0 aliphatic carbocycles. The van der Waals surface area contributed by atoms with E-state index in [0.29, 0.717) is 12.2 Å². The van der Waals surface area contributed by atoms with Gasteiger partial charge >= 0.3 is 12.1 Å². The van der Waals surface area contributed by atoms with Crippen LogP contribution in [-0.4, -0.2) is 36.3 Å². The highest BCUT2D eigenvalue weighted by Crippen LogP contribution is 2.40. The minimum atomic E-state index is -5.24. The topological polar surface area (TPSA) is 66.8 Å². The van der Waals surface area contributed by atoms with Gasteiger partial charge in [0.1, 0.15) is 0 Å². The second-order valence-corrected chi connectivity index (χ2v) is 4.74. The molecule has 1 aromatic rings. The van der Waals surface area contributed by atoms with Crippen molar-refractivity contribution >= 4 is 17.6 Å². The van der Waals surface area contributed by atoms with Crippen LogP contribution < -0.4 is 4.90 Å². The number of anilines is 1. The lowest BCUT2D eigenvalue weighted by Crippen LogP contribution is -2.50. The Bertz CT molecular complexity index is 571. The van der Waals surface area contributed by atoms with Crippen molar-refractivity contribution < 1.29 is 32.6 Å². The lowest BCUT2D eigenvalue weighted by Gasteiger charge is -2.29. The fraction of sp³-hybridized carbons (Fsp3) is 0.467. The predicted octanol–water partition coefficient (Wildman–Crippen LogP) is 2.37. The molecule has 0 aliphatic heterocycles. The number of aliphatic hydroxyl groups is 1. The van der Waals surface area contributed by atoms with Crippen LogP contribution in [0.25, 0.3) is 0 Å². The highest BCUT2D eigenvalue weighted by atomic mass is 19.4. The van der Waals surface area contributed by atoms with Crippen LogP contribution in [0.4, 0.5) is 18.9 Å². The van der Waals surface area contributed by atoms with Gasteiger partial charge in [-0.05, 0) is 26.0 Å². The molecule has 0 bridgehead atoms. The van der Waals surface area contributed by atoms with Crippen LogP contribution in [0, 0.1) is 0 Å². The van der Waals surface area contributed by atoms with Crippen LogP contribution in [0.3, 0.4) is 0 Å². The summed E-state index contributed by atoms with van der Waals surface area (Å²) >= 11 is 0. The zero-order valence-corrected chi connectivity index (χ0v) is 13.0. The Labute approximate surface area is 131 Å². The number of rotatable bonds is 5. The molecule has 0 aliphatic rings. The Balaban J connectivity index is 3.30. The average Bonchev–Trinajstić information content (AvgIpc) is 2.46. The van der Waals surface area contributed by atoms with E-state index in [1.807, 2.05) is 0 Å². The Morgan fingerprint density at radius 1 is 1.17 bits per heavy atom. The molecule has 0 saturated carbocycles. The third-order valence-corrected chi connectivity index (χ3v) is 3.27. The first-order valence-electron chi connectivity index (χ1n) is 6.94. The first kappa shape index (κ1) is 19.0. The van der Waals surface area contributed by atoms with Crippen molar-refractivity contribution in [2.45, 2.75) is 32.5 Å². The highest BCUT2D eigenvalue weighted by Gasteiger charge is 2.62. The van der Waals surface area contributed by atoms with Crippen LogP contribution in [0.15, 0.2) is 24.3 Å². The van der Waals surface area contributed by atoms with Gasteiger partial charge in [-0.1, -0.05) is 12.1 Å². The molecular formula is C15H18F3NO4. The SMILES string of the molecule is CCOC(=O)[C@@](O)(c1ccc(N(CC)C(C)=O)cc1)C(F)(F)F. The van der Waals surface area contributed by atoms with Gasteiger partial charge in [0, 0.05) is 24.7 Å². The van der Waals surface area contributed by atoms with Gasteiger partial charge in [-0.15, -0.1) is 0 Å². The molecule has 128 valence electrons. The van der Waals surface area contributed by atoms with Gasteiger partial charge in [0.2, 0.25) is 5.91 Å². The minimum absolute atomic E-state index is 0.281. The summed E-state index contributed by atoms with van der Waals surface area (Å²) in [4.78, 5) is 24.4. The van der Waals surface area contributed by atoms with Crippen molar-refractivity contribution in [2.75, 3.05) is 18.1 Å². The molecule has 0 fully saturated rings. The molecular weight excluding hydrogens is 315 g/mol. The zero-order chi connectivity index (χ0) is 17.8. The standard InChI is InChI=1S/C15H18F3NO4/c1-4-19(10(3)20)12-8-6-11(7-9-12)14(22,15(16,17)18)13(21)23-5-2/h6-9,22H,4-5H2,1-3H3/t14-/m0/s1. The molecule has 23 heavy (non-hydrogen) atoms. The number of amides is 1. The largest absolute Gasteiger partial charge is 0.463 e. The lowest BCUT2D eigenvalue weighted by atomic mass is 9.93. The van der Waals surface area contributed by atoms with E-state index in [9.17, 15) is 27.9 Å². The third kappa shape index (κ3) is 3.64. The van der Waals surface area contributed by atoms with Crippen molar-refractivity contribution in [1.82, 2.24) is 0 Å². The molecule has 0 saturated heterocycles. The maximum absolute atomic E-state index is 13.2. The van der Waals surface area contributed by atoms with Gasteiger partial charge in [-0.3, -0.25) is 4.79 Å². The Hall–Kier alpha value is -2.09. The molecule has 1 N–H and O–H groups in total. The number of carbonyl (C=O) groups excluding carboxylic acids is 2. The van der Waals surface area contributed by atoms with Crippen molar-refractivity contribution in [3.05, 3.63) is 29.8 Å². The molecule has 1 amide bonds. The molecule has 0 unspecified atom stereocenters. The molecule has 1 aromatic carbocycles. The number of hydrogen-bond donors (Lipinski definition) is 1. The third-order valence-electron chi connectivity index (χ3n) is 3.27. The highest BCUT2D eigenvalue weighted by molar-refractivity contribution is 5.91.